The molecule has 0 saturated heterocycles. The van der Waals surface area contributed by atoms with Gasteiger partial charge in [0.25, 0.3) is 5.91 Å². The Morgan fingerprint density at radius 2 is 1.64 bits per heavy atom. The molecule has 0 aliphatic rings. The highest BCUT2D eigenvalue weighted by atomic mass is 16.5. The molecule has 0 heterocycles. The predicted octanol–water partition coefficient (Wildman–Crippen LogP) is 2.45. The Morgan fingerprint density at radius 1 is 0.960 bits per heavy atom. The van der Waals surface area contributed by atoms with Crippen molar-refractivity contribution in [3.63, 3.8) is 0 Å². The van der Waals surface area contributed by atoms with Gasteiger partial charge in [0.15, 0.2) is 6.61 Å². The third-order valence-electron chi connectivity index (χ3n) is 3.75. The van der Waals surface area contributed by atoms with Gasteiger partial charge in [0.1, 0.15) is 11.5 Å². The van der Waals surface area contributed by atoms with E-state index < -0.39 is 0 Å². The van der Waals surface area contributed by atoms with Crippen molar-refractivity contribution in [3.8, 4) is 11.5 Å². The van der Waals surface area contributed by atoms with Crippen molar-refractivity contribution in [2.45, 2.75) is 13.8 Å². The molecule has 0 unspecified atom stereocenters. The highest BCUT2D eigenvalue weighted by molar-refractivity contribution is 5.95. The maximum absolute atomic E-state index is 11.9. The van der Waals surface area contributed by atoms with Crippen molar-refractivity contribution >= 4 is 17.5 Å². The molecule has 0 aliphatic carbocycles. The second-order valence-electron chi connectivity index (χ2n) is 5.54. The molecule has 2 aromatic carbocycles. The van der Waals surface area contributed by atoms with Gasteiger partial charge in [-0.1, -0.05) is 12.1 Å². The van der Waals surface area contributed by atoms with Gasteiger partial charge < -0.3 is 20.1 Å². The lowest BCUT2D eigenvalue weighted by molar-refractivity contribution is -0.125. The molecule has 0 aliphatic heterocycles. The fourth-order valence-electron chi connectivity index (χ4n) is 2.13. The highest BCUT2D eigenvalue weighted by Crippen LogP contribution is 2.18. The molecule has 0 spiro atoms. The Hall–Kier alpha value is -3.02. The van der Waals surface area contributed by atoms with Crippen LogP contribution in [0.25, 0.3) is 0 Å². The summed E-state index contributed by atoms with van der Waals surface area (Å²) in [6.07, 6.45) is 0. The first-order valence-corrected chi connectivity index (χ1v) is 7.89. The molecule has 0 radical (unpaired) electrons. The van der Waals surface area contributed by atoms with Crippen LogP contribution in [0.3, 0.4) is 0 Å². The largest absolute Gasteiger partial charge is 0.497 e. The van der Waals surface area contributed by atoms with Crippen LogP contribution in [-0.2, 0) is 9.59 Å². The molecule has 2 amide bonds. The van der Waals surface area contributed by atoms with E-state index in [4.69, 9.17) is 9.47 Å². The number of rotatable bonds is 7. The number of hydrogen-bond donors (Lipinski definition) is 2. The molecule has 6 heteroatoms. The van der Waals surface area contributed by atoms with E-state index in [1.54, 1.807) is 31.4 Å². The average molecular weight is 342 g/mol. The summed E-state index contributed by atoms with van der Waals surface area (Å²) >= 11 is 0. The normalized spacial score (nSPS) is 10.0. The molecule has 2 N–H and O–H groups in total. The zero-order valence-electron chi connectivity index (χ0n) is 14.6. The molecule has 132 valence electrons. The molecule has 2 rings (SSSR count). The van der Waals surface area contributed by atoms with E-state index in [1.165, 1.54) is 0 Å². The van der Waals surface area contributed by atoms with Gasteiger partial charge in [-0.3, -0.25) is 9.59 Å². The number of carbonyl (C=O) groups excluding carboxylic acids is 2. The minimum absolute atomic E-state index is 0.113. The summed E-state index contributed by atoms with van der Waals surface area (Å²) in [5.74, 6) is 0.606. The van der Waals surface area contributed by atoms with E-state index in [9.17, 15) is 9.59 Å². The topological polar surface area (TPSA) is 76.7 Å². The number of nitrogens with one attached hydrogen (secondary N) is 2. The second-order valence-corrected chi connectivity index (χ2v) is 5.54. The van der Waals surface area contributed by atoms with Crippen molar-refractivity contribution in [1.29, 1.82) is 0 Å². The number of benzene rings is 2. The van der Waals surface area contributed by atoms with Crippen molar-refractivity contribution in [1.82, 2.24) is 5.32 Å². The van der Waals surface area contributed by atoms with Gasteiger partial charge >= 0.3 is 0 Å². The second kappa shape index (κ2) is 8.73. The fourth-order valence-corrected chi connectivity index (χ4v) is 2.13. The third-order valence-corrected chi connectivity index (χ3v) is 3.75. The molecular weight excluding hydrogens is 320 g/mol. The first kappa shape index (κ1) is 18.3. The van der Waals surface area contributed by atoms with Gasteiger partial charge in [-0.25, -0.2) is 0 Å². The Kier molecular flexibility index (Phi) is 6.39. The summed E-state index contributed by atoms with van der Waals surface area (Å²) in [7, 11) is 1.58. The smallest absolute Gasteiger partial charge is 0.258 e. The van der Waals surface area contributed by atoms with E-state index in [1.807, 2.05) is 32.0 Å². The maximum Gasteiger partial charge on any atom is 0.258 e. The van der Waals surface area contributed by atoms with Crippen LogP contribution in [-0.4, -0.2) is 32.1 Å². The Labute approximate surface area is 147 Å². The zero-order valence-corrected chi connectivity index (χ0v) is 14.6. The number of aryl methyl sites for hydroxylation is 1. The lowest BCUT2D eigenvalue weighted by Crippen LogP contribution is -2.35. The first-order valence-electron chi connectivity index (χ1n) is 7.89. The predicted molar refractivity (Wildman–Crippen MR) is 96.0 cm³/mol. The number of hydrogen-bond acceptors (Lipinski definition) is 4. The van der Waals surface area contributed by atoms with E-state index in [2.05, 4.69) is 10.6 Å². The third kappa shape index (κ3) is 5.53. The van der Waals surface area contributed by atoms with Crippen LogP contribution in [0.2, 0.25) is 0 Å². The standard InChI is InChI=1S/C19H22N2O4/c1-13-5-4-6-17(14(13)2)21-18(22)11-20-19(23)12-25-16-9-7-15(24-3)8-10-16/h4-10H,11-12H2,1-3H3,(H,20,23)(H,21,22). The summed E-state index contributed by atoms with van der Waals surface area (Å²) in [6, 6.07) is 12.6. The van der Waals surface area contributed by atoms with Gasteiger partial charge in [0, 0.05) is 5.69 Å². The van der Waals surface area contributed by atoms with Crippen LogP contribution < -0.4 is 20.1 Å². The van der Waals surface area contributed by atoms with Crippen LogP contribution in [0.5, 0.6) is 11.5 Å². The van der Waals surface area contributed by atoms with Gasteiger partial charge in [-0.05, 0) is 55.3 Å². The van der Waals surface area contributed by atoms with Gasteiger partial charge in [0.05, 0.1) is 13.7 Å². The minimum Gasteiger partial charge on any atom is -0.497 e. The molecule has 6 nitrogen and oxygen atoms in total. The van der Waals surface area contributed by atoms with Crippen molar-refractivity contribution in [3.05, 3.63) is 53.6 Å². The fraction of sp³-hybridized carbons (Fsp3) is 0.263. The minimum atomic E-state index is -0.369. The van der Waals surface area contributed by atoms with Crippen molar-refractivity contribution < 1.29 is 19.1 Å². The number of ether oxygens (including phenoxy) is 2. The lowest BCUT2D eigenvalue weighted by Gasteiger charge is -2.11. The summed E-state index contributed by atoms with van der Waals surface area (Å²) < 4.78 is 10.4. The zero-order chi connectivity index (χ0) is 18.2. The van der Waals surface area contributed by atoms with Crippen LogP contribution >= 0.6 is 0 Å². The summed E-state index contributed by atoms with van der Waals surface area (Å²) in [5.41, 5.74) is 2.84. The maximum atomic E-state index is 11.9. The Morgan fingerprint density at radius 3 is 2.32 bits per heavy atom. The quantitative estimate of drug-likeness (QED) is 0.810. The van der Waals surface area contributed by atoms with Crippen LogP contribution in [0.1, 0.15) is 11.1 Å². The number of methoxy groups -OCH3 is 1. The van der Waals surface area contributed by atoms with Crippen LogP contribution in [0, 0.1) is 13.8 Å². The molecule has 2 aromatic rings. The van der Waals surface area contributed by atoms with E-state index in [0.717, 1.165) is 16.8 Å². The summed E-state index contributed by atoms with van der Waals surface area (Å²) in [6.45, 7) is 3.64. The summed E-state index contributed by atoms with van der Waals surface area (Å²) in [5, 5.41) is 5.31. The van der Waals surface area contributed by atoms with Gasteiger partial charge in [-0.2, -0.15) is 0 Å². The highest BCUT2D eigenvalue weighted by Gasteiger charge is 2.09. The number of amides is 2. The number of anilines is 1. The molecule has 0 fully saturated rings. The lowest BCUT2D eigenvalue weighted by atomic mass is 10.1. The SMILES string of the molecule is COc1ccc(OCC(=O)NCC(=O)Nc2cccc(C)c2C)cc1. The molecule has 0 aromatic heterocycles. The van der Waals surface area contributed by atoms with E-state index >= 15 is 0 Å². The number of carbonyl (C=O) groups is 2. The van der Waals surface area contributed by atoms with Crippen molar-refractivity contribution in [2.75, 3.05) is 25.6 Å². The molecule has 25 heavy (non-hydrogen) atoms. The van der Waals surface area contributed by atoms with Crippen molar-refractivity contribution in [2.24, 2.45) is 0 Å². The van der Waals surface area contributed by atoms with Crippen LogP contribution in [0.15, 0.2) is 42.5 Å². The molecule has 0 bridgehead atoms. The van der Waals surface area contributed by atoms with E-state index in [-0.39, 0.29) is 25.0 Å². The Balaban J connectivity index is 1.75. The molecular formula is C19H22N2O4. The van der Waals surface area contributed by atoms with Gasteiger partial charge in [-0.15, -0.1) is 0 Å². The summed E-state index contributed by atoms with van der Waals surface area (Å²) in [4.78, 5) is 23.7. The molecule has 0 saturated carbocycles. The van der Waals surface area contributed by atoms with Gasteiger partial charge in [0.2, 0.25) is 5.91 Å². The average Bonchev–Trinajstić information content (AvgIpc) is 2.62. The molecule has 0 atom stereocenters. The Bertz CT molecular complexity index is 742. The van der Waals surface area contributed by atoms with E-state index in [0.29, 0.717) is 11.5 Å². The first-order chi connectivity index (χ1) is 12.0. The monoisotopic (exact) mass is 342 g/mol. The van der Waals surface area contributed by atoms with Crippen LogP contribution in [0.4, 0.5) is 5.69 Å².